The molecule has 0 rings (SSSR count). The van der Waals surface area contributed by atoms with Crippen molar-refractivity contribution < 1.29 is 0 Å². The van der Waals surface area contributed by atoms with E-state index in [1.807, 2.05) is 0 Å². The van der Waals surface area contributed by atoms with Gasteiger partial charge in [-0.15, -0.1) is 0 Å². The minimum absolute atomic E-state index is 0.490. The maximum absolute atomic E-state index is 5.46. The lowest BCUT2D eigenvalue weighted by Crippen LogP contribution is -2.13. The van der Waals surface area contributed by atoms with Gasteiger partial charge in [-0.2, -0.15) is 0 Å². The average molecular weight is 186 g/mol. The second kappa shape index (κ2) is 7.34. The number of hydrogen-bond acceptors (Lipinski definition) is 2. The Morgan fingerprint density at radius 2 is 1.15 bits per heavy atom. The fraction of sp³-hybridized carbons (Fsp3) is 1.00. The van der Waals surface area contributed by atoms with Crippen LogP contribution in [-0.4, -0.2) is 13.1 Å². The van der Waals surface area contributed by atoms with Crippen molar-refractivity contribution in [2.24, 2.45) is 16.9 Å². The summed E-state index contributed by atoms with van der Waals surface area (Å²) >= 11 is 0. The summed E-state index contributed by atoms with van der Waals surface area (Å²) < 4.78 is 0. The third-order valence-electron chi connectivity index (χ3n) is 2.62. The molecule has 0 aliphatic carbocycles. The zero-order chi connectivity index (χ0) is 10.2. The maximum atomic E-state index is 5.46. The Morgan fingerprint density at radius 1 is 0.769 bits per heavy atom. The number of hydrogen-bond donors (Lipinski definition) is 2. The van der Waals surface area contributed by atoms with Crippen LogP contribution in [0.2, 0.25) is 0 Å². The molecular weight excluding hydrogens is 160 g/mol. The van der Waals surface area contributed by atoms with Crippen LogP contribution in [0.4, 0.5) is 0 Å². The molecule has 13 heavy (non-hydrogen) atoms. The van der Waals surface area contributed by atoms with E-state index >= 15 is 0 Å². The molecule has 0 aromatic carbocycles. The standard InChI is InChI=1S/C11H26N2/c1-11(2,7-3-5-9-12)8-4-6-10-13/h3-10,12-13H2,1-2H3. The summed E-state index contributed by atoms with van der Waals surface area (Å²) in [5.74, 6) is 0. The van der Waals surface area contributed by atoms with Gasteiger partial charge in [-0.25, -0.2) is 0 Å². The Balaban J connectivity index is 3.42. The molecule has 4 N–H and O–H groups in total. The fourth-order valence-corrected chi connectivity index (χ4v) is 1.62. The van der Waals surface area contributed by atoms with E-state index in [9.17, 15) is 0 Å². The first-order valence-electron chi connectivity index (χ1n) is 5.52. The molecular formula is C11H26N2. The van der Waals surface area contributed by atoms with E-state index < -0.39 is 0 Å². The van der Waals surface area contributed by atoms with Crippen molar-refractivity contribution in [3.63, 3.8) is 0 Å². The highest BCUT2D eigenvalue weighted by Gasteiger charge is 2.15. The summed E-state index contributed by atoms with van der Waals surface area (Å²) in [6.45, 7) is 6.36. The average Bonchev–Trinajstić information content (AvgIpc) is 2.05. The van der Waals surface area contributed by atoms with Gasteiger partial charge in [-0.05, 0) is 44.2 Å². The lowest BCUT2D eigenvalue weighted by molar-refractivity contribution is 0.287. The van der Waals surface area contributed by atoms with E-state index in [1.165, 1.54) is 38.5 Å². The van der Waals surface area contributed by atoms with Gasteiger partial charge in [0.25, 0.3) is 0 Å². The number of unbranched alkanes of at least 4 members (excludes halogenated alkanes) is 2. The molecule has 0 aromatic heterocycles. The highest BCUT2D eigenvalue weighted by atomic mass is 14.5. The van der Waals surface area contributed by atoms with Crippen LogP contribution in [0.25, 0.3) is 0 Å². The first kappa shape index (κ1) is 12.9. The highest BCUT2D eigenvalue weighted by molar-refractivity contribution is 4.68. The molecule has 0 saturated heterocycles. The van der Waals surface area contributed by atoms with Gasteiger partial charge in [0.15, 0.2) is 0 Å². The molecule has 0 unspecified atom stereocenters. The van der Waals surface area contributed by atoms with Gasteiger partial charge < -0.3 is 11.5 Å². The molecule has 0 aliphatic heterocycles. The molecule has 2 heteroatoms. The normalized spacial score (nSPS) is 12.0. The van der Waals surface area contributed by atoms with Crippen molar-refractivity contribution in [3.8, 4) is 0 Å². The van der Waals surface area contributed by atoms with E-state index in [2.05, 4.69) is 13.8 Å². The molecule has 0 amide bonds. The smallest absolute Gasteiger partial charge is 0.00773 e. The number of nitrogens with two attached hydrogens (primary N) is 2. The Hall–Kier alpha value is -0.0800. The molecule has 0 radical (unpaired) electrons. The van der Waals surface area contributed by atoms with Crippen LogP contribution in [0.1, 0.15) is 52.4 Å². The molecule has 0 saturated carbocycles. The largest absolute Gasteiger partial charge is 0.330 e. The SMILES string of the molecule is CC(C)(CCCCN)CCCCN. The van der Waals surface area contributed by atoms with Gasteiger partial charge >= 0.3 is 0 Å². The predicted molar refractivity (Wildman–Crippen MR) is 59.6 cm³/mol. The first-order valence-corrected chi connectivity index (χ1v) is 5.52. The topological polar surface area (TPSA) is 52.0 Å². The summed E-state index contributed by atoms with van der Waals surface area (Å²) in [5, 5.41) is 0. The molecule has 0 spiro atoms. The van der Waals surface area contributed by atoms with Gasteiger partial charge in [0.1, 0.15) is 0 Å². The van der Waals surface area contributed by atoms with Gasteiger partial charge in [-0.3, -0.25) is 0 Å². The fourth-order valence-electron chi connectivity index (χ4n) is 1.62. The summed E-state index contributed by atoms with van der Waals surface area (Å²) in [5.41, 5.74) is 11.4. The van der Waals surface area contributed by atoms with Gasteiger partial charge in [-0.1, -0.05) is 26.7 Å². The minimum atomic E-state index is 0.490. The monoisotopic (exact) mass is 186 g/mol. The van der Waals surface area contributed by atoms with E-state index in [1.54, 1.807) is 0 Å². The van der Waals surface area contributed by atoms with Crippen LogP contribution in [0.15, 0.2) is 0 Å². The summed E-state index contributed by atoms with van der Waals surface area (Å²) in [4.78, 5) is 0. The van der Waals surface area contributed by atoms with Crippen LogP contribution in [0, 0.1) is 5.41 Å². The molecule has 0 atom stereocenters. The van der Waals surface area contributed by atoms with E-state index in [0.29, 0.717) is 5.41 Å². The van der Waals surface area contributed by atoms with Gasteiger partial charge in [0.05, 0.1) is 0 Å². The van der Waals surface area contributed by atoms with Crippen molar-refractivity contribution in [3.05, 3.63) is 0 Å². The Bertz CT molecular complexity index is 98.7. The van der Waals surface area contributed by atoms with Crippen molar-refractivity contribution in [2.75, 3.05) is 13.1 Å². The first-order chi connectivity index (χ1) is 6.12. The zero-order valence-corrected chi connectivity index (χ0v) is 9.31. The van der Waals surface area contributed by atoms with Crippen LogP contribution in [0.5, 0.6) is 0 Å². The van der Waals surface area contributed by atoms with Crippen LogP contribution in [0.3, 0.4) is 0 Å². The van der Waals surface area contributed by atoms with Crippen molar-refractivity contribution >= 4 is 0 Å². The minimum Gasteiger partial charge on any atom is -0.330 e. The molecule has 0 aromatic rings. The van der Waals surface area contributed by atoms with Crippen LogP contribution < -0.4 is 11.5 Å². The van der Waals surface area contributed by atoms with Gasteiger partial charge in [0.2, 0.25) is 0 Å². The quantitative estimate of drug-likeness (QED) is 0.571. The van der Waals surface area contributed by atoms with Crippen LogP contribution >= 0.6 is 0 Å². The molecule has 2 nitrogen and oxygen atoms in total. The lowest BCUT2D eigenvalue weighted by atomic mass is 9.82. The molecule has 0 fully saturated rings. The molecule has 0 aliphatic rings. The Labute approximate surface area is 83.1 Å². The predicted octanol–water partition coefficient (Wildman–Crippen LogP) is 2.27. The molecule has 0 bridgehead atoms. The van der Waals surface area contributed by atoms with Gasteiger partial charge in [0, 0.05) is 0 Å². The highest BCUT2D eigenvalue weighted by Crippen LogP contribution is 2.29. The molecule has 80 valence electrons. The second-order valence-electron chi connectivity index (χ2n) is 4.66. The third-order valence-corrected chi connectivity index (χ3v) is 2.62. The number of rotatable bonds is 8. The zero-order valence-electron chi connectivity index (χ0n) is 9.31. The van der Waals surface area contributed by atoms with E-state index in [4.69, 9.17) is 11.5 Å². The van der Waals surface area contributed by atoms with Crippen molar-refractivity contribution in [1.29, 1.82) is 0 Å². The van der Waals surface area contributed by atoms with E-state index in [0.717, 1.165) is 13.1 Å². The Kier molecular flexibility index (Phi) is 7.29. The third kappa shape index (κ3) is 8.26. The Morgan fingerprint density at radius 3 is 1.46 bits per heavy atom. The summed E-state index contributed by atoms with van der Waals surface area (Å²) in [6.07, 6.45) is 7.47. The molecule has 0 heterocycles. The van der Waals surface area contributed by atoms with Crippen molar-refractivity contribution in [2.45, 2.75) is 52.4 Å². The second-order valence-corrected chi connectivity index (χ2v) is 4.66. The van der Waals surface area contributed by atoms with Crippen molar-refractivity contribution in [1.82, 2.24) is 0 Å². The lowest BCUT2D eigenvalue weighted by Gasteiger charge is -2.24. The van der Waals surface area contributed by atoms with E-state index in [-0.39, 0.29) is 0 Å². The maximum Gasteiger partial charge on any atom is -0.00773 e. The summed E-state index contributed by atoms with van der Waals surface area (Å²) in [7, 11) is 0. The summed E-state index contributed by atoms with van der Waals surface area (Å²) in [6, 6.07) is 0. The van der Waals surface area contributed by atoms with Crippen LogP contribution in [-0.2, 0) is 0 Å².